The Kier molecular flexibility index (Phi) is 4.61. The maximum Gasteiger partial charge on any atom is 0.138 e. The topological polar surface area (TPSA) is 32.6 Å². The molecule has 0 amide bonds. The fraction of sp³-hybridized carbons (Fsp3) is 0.133. The van der Waals surface area contributed by atoms with Crippen LogP contribution in [0.3, 0.4) is 0 Å². The molecule has 1 N–H and O–H groups in total. The molecule has 0 radical (unpaired) electrons. The number of aromatic hydroxyl groups is 1. The van der Waals surface area contributed by atoms with E-state index in [0.29, 0.717) is 15.1 Å². The van der Waals surface area contributed by atoms with E-state index in [1.165, 1.54) is 0 Å². The van der Waals surface area contributed by atoms with E-state index < -0.39 is 0 Å². The van der Waals surface area contributed by atoms with Gasteiger partial charge in [0.15, 0.2) is 0 Å². The third kappa shape index (κ3) is 3.58. The molecule has 0 spiro atoms. The fourth-order valence-corrected chi connectivity index (χ4v) is 2.53. The molecule has 2 nitrogen and oxygen atoms in total. The number of hydrogen-bond acceptors (Lipinski definition) is 2. The van der Waals surface area contributed by atoms with Gasteiger partial charge in [0.1, 0.15) is 5.75 Å². The van der Waals surface area contributed by atoms with E-state index in [1.54, 1.807) is 18.3 Å². The minimum absolute atomic E-state index is 0.0263. The van der Waals surface area contributed by atoms with Crippen LogP contribution in [0.2, 0.25) is 5.02 Å². The van der Waals surface area contributed by atoms with Gasteiger partial charge in [-0.05, 0) is 40.5 Å². The molecule has 98 valence electrons. The molecular weight excluding hydrogens is 326 g/mol. The van der Waals surface area contributed by atoms with Crippen LogP contribution in [0, 0.1) is 0 Å². The summed E-state index contributed by atoms with van der Waals surface area (Å²) < 4.78 is 0.564. The standard InChI is InChI=1S/C15H13BrClNO/c1-10(11-5-3-2-4-6-11)18-9-12-7-13(17)8-14(16)15(12)19/h2-10,19H,1H3. The Bertz CT molecular complexity index is 599. The van der Waals surface area contributed by atoms with Gasteiger partial charge in [0, 0.05) is 16.8 Å². The summed E-state index contributed by atoms with van der Waals surface area (Å²) in [7, 11) is 0. The Morgan fingerprint density at radius 1 is 1.26 bits per heavy atom. The van der Waals surface area contributed by atoms with Crippen molar-refractivity contribution in [1.29, 1.82) is 0 Å². The molecule has 0 aliphatic rings. The van der Waals surface area contributed by atoms with Crippen molar-refractivity contribution in [2.45, 2.75) is 13.0 Å². The number of nitrogens with zero attached hydrogens (tertiary/aromatic N) is 1. The lowest BCUT2D eigenvalue weighted by atomic mass is 10.1. The summed E-state index contributed by atoms with van der Waals surface area (Å²) in [6, 6.07) is 13.3. The molecule has 0 fully saturated rings. The predicted molar refractivity (Wildman–Crippen MR) is 83.3 cm³/mol. The largest absolute Gasteiger partial charge is 0.506 e. The predicted octanol–water partition coefficient (Wildman–Crippen LogP) is 4.99. The second-order valence-corrected chi connectivity index (χ2v) is 5.48. The number of aliphatic imine (C=N–C) groups is 1. The van der Waals surface area contributed by atoms with E-state index in [0.717, 1.165) is 5.56 Å². The summed E-state index contributed by atoms with van der Waals surface area (Å²) in [5, 5.41) is 10.5. The number of phenolic OH excluding ortho intramolecular Hbond substituents is 1. The first kappa shape index (κ1) is 14.1. The SMILES string of the molecule is CC(N=Cc1cc(Cl)cc(Br)c1O)c1ccccc1. The molecule has 2 aromatic carbocycles. The Labute approximate surface area is 125 Å². The van der Waals surface area contributed by atoms with Gasteiger partial charge in [-0.1, -0.05) is 41.9 Å². The molecule has 1 atom stereocenters. The zero-order valence-electron chi connectivity index (χ0n) is 10.3. The molecule has 0 aliphatic carbocycles. The van der Waals surface area contributed by atoms with Gasteiger partial charge < -0.3 is 5.11 Å². The van der Waals surface area contributed by atoms with E-state index in [2.05, 4.69) is 20.9 Å². The van der Waals surface area contributed by atoms with Crippen molar-refractivity contribution in [2.24, 2.45) is 4.99 Å². The molecule has 0 heterocycles. The van der Waals surface area contributed by atoms with Crippen LogP contribution >= 0.6 is 27.5 Å². The van der Waals surface area contributed by atoms with Crippen LogP contribution in [0.25, 0.3) is 0 Å². The lowest BCUT2D eigenvalue weighted by Crippen LogP contribution is -1.91. The normalized spacial score (nSPS) is 12.8. The zero-order valence-corrected chi connectivity index (χ0v) is 12.7. The van der Waals surface area contributed by atoms with Crippen LogP contribution in [-0.4, -0.2) is 11.3 Å². The minimum atomic E-state index is 0.0263. The monoisotopic (exact) mass is 337 g/mol. The third-order valence-corrected chi connectivity index (χ3v) is 3.60. The average Bonchev–Trinajstić information content (AvgIpc) is 2.41. The number of hydrogen-bond donors (Lipinski definition) is 1. The van der Waals surface area contributed by atoms with E-state index in [9.17, 15) is 5.11 Å². The summed E-state index contributed by atoms with van der Waals surface area (Å²) >= 11 is 9.20. The quantitative estimate of drug-likeness (QED) is 0.786. The number of benzene rings is 2. The summed E-state index contributed by atoms with van der Waals surface area (Å²) in [6.07, 6.45) is 1.64. The van der Waals surface area contributed by atoms with Gasteiger partial charge in [0.25, 0.3) is 0 Å². The van der Waals surface area contributed by atoms with Crippen LogP contribution in [0.5, 0.6) is 5.75 Å². The zero-order chi connectivity index (χ0) is 13.8. The Balaban J connectivity index is 2.24. The van der Waals surface area contributed by atoms with Crippen LogP contribution < -0.4 is 0 Å². The highest BCUT2D eigenvalue weighted by molar-refractivity contribution is 9.10. The molecule has 0 saturated carbocycles. The first-order valence-electron chi connectivity index (χ1n) is 5.84. The van der Waals surface area contributed by atoms with Crippen molar-refractivity contribution in [3.8, 4) is 5.75 Å². The third-order valence-electron chi connectivity index (χ3n) is 2.78. The molecule has 4 heteroatoms. The van der Waals surface area contributed by atoms with Crippen molar-refractivity contribution in [3.63, 3.8) is 0 Å². The summed E-state index contributed by atoms with van der Waals surface area (Å²) in [4.78, 5) is 4.44. The molecule has 0 aromatic heterocycles. The summed E-state index contributed by atoms with van der Waals surface area (Å²) in [6.45, 7) is 2.00. The molecule has 0 saturated heterocycles. The van der Waals surface area contributed by atoms with Crippen LogP contribution in [0.4, 0.5) is 0 Å². The number of rotatable bonds is 3. The summed E-state index contributed by atoms with van der Waals surface area (Å²) in [5.74, 6) is 0.147. The van der Waals surface area contributed by atoms with Crippen LogP contribution in [-0.2, 0) is 0 Å². The average molecular weight is 339 g/mol. The Morgan fingerprint density at radius 2 is 1.95 bits per heavy atom. The number of halogens is 2. The first-order valence-corrected chi connectivity index (χ1v) is 7.01. The molecule has 2 rings (SSSR count). The highest BCUT2D eigenvalue weighted by Gasteiger charge is 2.06. The molecular formula is C15H13BrClNO. The lowest BCUT2D eigenvalue weighted by molar-refractivity contribution is 0.471. The molecule has 19 heavy (non-hydrogen) atoms. The molecule has 2 aromatic rings. The van der Waals surface area contributed by atoms with Crippen molar-refractivity contribution in [3.05, 3.63) is 63.1 Å². The van der Waals surface area contributed by atoms with Gasteiger partial charge in [0.2, 0.25) is 0 Å². The van der Waals surface area contributed by atoms with Crippen molar-refractivity contribution in [1.82, 2.24) is 0 Å². The van der Waals surface area contributed by atoms with Gasteiger partial charge in [-0.25, -0.2) is 0 Å². The van der Waals surface area contributed by atoms with Gasteiger partial charge in [0.05, 0.1) is 10.5 Å². The van der Waals surface area contributed by atoms with Gasteiger partial charge in [-0.2, -0.15) is 0 Å². The first-order chi connectivity index (χ1) is 9.08. The molecule has 0 bridgehead atoms. The van der Waals surface area contributed by atoms with Gasteiger partial charge in [-0.15, -0.1) is 0 Å². The molecule has 1 unspecified atom stereocenters. The summed E-state index contributed by atoms with van der Waals surface area (Å²) in [5.41, 5.74) is 1.72. The smallest absolute Gasteiger partial charge is 0.138 e. The van der Waals surface area contributed by atoms with Crippen LogP contribution in [0.15, 0.2) is 51.9 Å². The van der Waals surface area contributed by atoms with E-state index in [-0.39, 0.29) is 11.8 Å². The van der Waals surface area contributed by atoms with Gasteiger partial charge in [-0.3, -0.25) is 4.99 Å². The minimum Gasteiger partial charge on any atom is -0.506 e. The highest BCUT2D eigenvalue weighted by atomic mass is 79.9. The van der Waals surface area contributed by atoms with E-state index in [4.69, 9.17) is 11.6 Å². The maximum absolute atomic E-state index is 9.91. The molecule has 0 aliphatic heterocycles. The number of phenols is 1. The Morgan fingerprint density at radius 3 is 2.63 bits per heavy atom. The second-order valence-electron chi connectivity index (χ2n) is 4.19. The Hall–Kier alpha value is -1.32. The van der Waals surface area contributed by atoms with E-state index >= 15 is 0 Å². The van der Waals surface area contributed by atoms with Crippen molar-refractivity contribution >= 4 is 33.7 Å². The van der Waals surface area contributed by atoms with Crippen molar-refractivity contribution in [2.75, 3.05) is 0 Å². The van der Waals surface area contributed by atoms with E-state index in [1.807, 2.05) is 37.3 Å². The van der Waals surface area contributed by atoms with Crippen molar-refractivity contribution < 1.29 is 5.11 Å². The van der Waals surface area contributed by atoms with Gasteiger partial charge >= 0.3 is 0 Å². The fourth-order valence-electron chi connectivity index (χ4n) is 1.69. The van der Waals surface area contributed by atoms with Crippen LogP contribution in [0.1, 0.15) is 24.1 Å². The highest BCUT2D eigenvalue weighted by Crippen LogP contribution is 2.30. The maximum atomic E-state index is 9.91. The lowest BCUT2D eigenvalue weighted by Gasteiger charge is -2.07. The second kappa shape index (κ2) is 6.22.